The SMILES string of the molecule is CC(=O)N[C@H]1[C@H](O[C@@H]([C@H](O)[C@H](CO)NC(C)=O)[C@H](O)CO)O[C@H](CO)[C@@H](O[C@@H]2O[C@H](CO[C@H]3O[C@H](CO[C@H]4O[C@H](CO)[C@@H](O)[C@H](O)[C@@H]4O)[C@@H](O)[C@H](O[C@H]4O[C@H](CO)[C@@H](O)[C@H](O)[C@@H]4O)[C@@H]3O)[C@@H](O)[C@H](O[C@H]3O[C@H](CO)[C@@H](O)[C@H](O)[C@@H]3O[C@@H]3O[C@H](CO)[C@@H](O[C@@H]4O[C@H](CO[C@]5(C(=O)O)C[C@H](O)[C@@H](NC(=O)CO)[C@H]([C@H](O)[C@H](O)CO)O5)[C@H](O)[C@H](O)[C@H]4O)[C@H](O)[C@H]3NC(C)=O)[C@@H]2O)[C@@H]1O. The zero-order chi connectivity index (χ0) is 96.4. The molecule has 9 saturated heterocycles. The van der Waals surface area contributed by atoms with Gasteiger partial charge in [0.1, 0.15) is 238 Å². The van der Waals surface area contributed by atoms with Gasteiger partial charge >= 0.3 is 5.97 Å². The van der Waals surface area contributed by atoms with Gasteiger partial charge in [0.15, 0.2) is 50.3 Å². The first-order chi connectivity index (χ1) is 61.3. The van der Waals surface area contributed by atoms with Crippen LogP contribution < -0.4 is 21.3 Å². The van der Waals surface area contributed by atoms with Gasteiger partial charge in [-0.25, -0.2) is 4.79 Å². The highest BCUT2D eigenvalue weighted by molar-refractivity contribution is 5.78. The van der Waals surface area contributed by atoms with Crippen molar-refractivity contribution in [1.29, 1.82) is 0 Å². The third-order valence-electron chi connectivity index (χ3n) is 23.2. The van der Waals surface area contributed by atoms with Crippen LogP contribution in [0.15, 0.2) is 0 Å². The fourth-order valence-corrected chi connectivity index (χ4v) is 16.0. The molecule has 9 rings (SSSR count). The van der Waals surface area contributed by atoms with Gasteiger partial charge in [-0.3, -0.25) is 19.2 Å². The molecule has 0 saturated carbocycles. The van der Waals surface area contributed by atoms with Gasteiger partial charge in [-0.1, -0.05) is 0 Å². The Morgan fingerprint density at radius 2 is 0.738 bits per heavy atom. The fraction of sp³-hybridized carbons (Fsp3) is 0.930. The Balaban J connectivity index is 1.04. The summed E-state index contributed by atoms with van der Waals surface area (Å²) in [5.41, 5.74) is 0. The summed E-state index contributed by atoms with van der Waals surface area (Å²) in [7, 11) is 0. The van der Waals surface area contributed by atoms with E-state index >= 15 is 0 Å². The number of hydrogen-bond donors (Lipinski definition) is 36. The van der Waals surface area contributed by atoms with Crippen molar-refractivity contribution in [2.24, 2.45) is 0 Å². The summed E-state index contributed by atoms with van der Waals surface area (Å²) in [6, 6.07) is -7.73. The van der Waals surface area contributed by atoms with Crippen molar-refractivity contribution >= 4 is 29.6 Å². The number of hydrogen-bond acceptors (Lipinski definition) is 54. The lowest BCUT2D eigenvalue weighted by Gasteiger charge is -2.51. The van der Waals surface area contributed by atoms with E-state index in [4.69, 9.17) is 85.3 Å². The van der Waals surface area contributed by atoms with E-state index < -0.39 is 421 Å². The van der Waals surface area contributed by atoms with E-state index in [1.54, 1.807) is 0 Å². The van der Waals surface area contributed by atoms with Gasteiger partial charge < -0.3 is 270 Å². The minimum absolute atomic E-state index is 0.842. The maximum atomic E-state index is 13.2. The number of aliphatic carboxylic acids is 1. The number of aliphatic hydroxyl groups is 31. The molecule has 59 heteroatoms. The summed E-state index contributed by atoms with van der Waals surface area (Å²) < 4.78 is 106. The molecule has 0 radical (unpaired) electrons. The highest BCUT2D eigenvalue weighted by atomic mass is 16.8. The van der Waals surface area contributed by atoms with Crippen molar-refractivity contribution in [3.05, 3.63) is 0 Å². The highest BCUT2D eigenvalue weighted by Gasteiger charge is 2.62. The van der Waals surface area contributed by atoms with E-state index in [0.717, 1.165) is 20.8 Å². The molecule has 4 amide bonds. The number of aliphatic hydroxyl groups excluding tert-OH is 31. The topological polar surface area (TPSA) is 947 Å². The molecule has 0 aromatic carbocycles. The normalized spacial score (nSPS) is 45.3. The van der Waals surface area contributed by atoms with Gasteiger partial charge in [-0.2, -0.15) is 0 Å². The number of amides is 4. The molecule has 0 aromatic rings. The second kappa shape index (κ2) is 48.1. The van der Waals surface area contributed by atoms with Crippen LogP contribution in [-0.2, 0) is 109 Å². The smallest absolute Gasteiger partial charge is 0.364 e. The van der Waals surface area contributed by atoms with Gasteiger partial charge in [0.25, 0.3) is 5.79 Å². The molecule has 9 aliphatic heterocycles. The molecule has 9 fully saturated rings. The molecule has 59 nitrogen and oxygen atoms in total. The van der Waals surface area contributed by atoms with Crippen LogP contribution in [0.1, 0.15) is 27.2 Å². The van der Waals surface area contributed by atoms with Gasteiger partial charge in [-0.05, 0) is 0 Å². The summed E-state index contributed by atoms with van der Waals surface area (Å²) >= 11 is 0. The van der Waals surface area contributed by atoms with Crippen molar-refractivity contribution in [3.8, 4) is 0 Å². The molecular weight excluding hydrogens is 1790 g/mol. The minimum atomic E-state index is -3.18. The van der Waals surface area contributed by atoms with Crippen LogP contribution in [0.5, 0.6) is 0 Å². The Kier molecular flexibility index (Phi) is 40.4. The van der Waals surface area contributed by atoms with Crippen molar-refractivity contribution in [3.63, 3.8) is 0 Å². The average molecular weight is 1910 g/mol. The van der Waals surface area contributed by atoms with E-state index in [0.29, 0.717) is 0 Å². The van der Waals surface area contributed by atoms with Crippen molar-refractivity contribution in [2.75, 3.05) is 79.3 Å². The molecule has 130 heavy (non-hydrogen) atoms. The fourth-order valence-electron chi connectivity index (χ4n) is 16.0. The second-order valence-corrected chi connectivity index (χ2v) is 32.3. The Morgan fingerprint density at radius 3 is 1.19 bits per heavy atom. The van der Waals surface area contributed by atoms with Crippen LogP contribution in [0.25, 0.3) is 0 Å². The lowest BCUT2D eigenvalue weighted by molar-refractivity contribution is -0.398. The van der Waals surface area contributed by atoms with Crippen LogP contribution in [0, 0.1) is 0 Å². The van der Waals surface area contributed by atoms with Crippen LogP contribution in [0.4, 0.5) is 0 Å². The van der Waals surface area contributed by atoms with Crippen LogP contribution in [0.3, 0.4) is 0 Å². The summed E-state index contributed by atoms with van der Waals surface area (Å²) in [6.45, 7) is -11.6. The lowest BCUT2D eigenvalue weighted by Crippen LogP contribution is -2.70. The number of ether oxygens (including phenoxy) is 18. The molecular formula is C71H120N4O55. The molecule has 36 N–H and O–H groups in total. The maximum absolute atomic E-state index is 13.2. The number of carboxylic acids is 1. The Labute approximate surface area is 734 Å². The van der Waals surface area contributed by atoms with Crippen LogP contribution in [0.2, 0.25) is 0 Å². The quantitative estimate of drug-likeness (QED) is 0.0271. The summed E-state index contributed by atoms with van der Waals surface area (Å²) in [5.74, 6) is -9.45. The zero-order valence-electron chi connectivity index (χ0n) is 69.2. The Bertz CT molecular complexity index is 3510. The van der Waals surface area contributed by atoms with Crippen molar-refractivity contribution in [2.45, 2.75) is 333 Å². The predicted molar refractivity (Wildman–Crippen MR) is 397 cm³/mol. The van der Waals surface area contributed by atoms with Gasteiger partial charge in [-0.15, -0.1) is 0 Å². The summed E-state index contributed by atoms with van der Waals surface area (Å²) in [6.07, 6.45) is -102. The van der Waals surface area contributed by atoms with Crippen LogP contribution in [-0.4, -0.2) is 578 Å². The predicted octanol–water partition coefficient (Wildman–Crippen LogP) is -24.4. The Hall–Kier alpha value is -4.61. The monoisotopic (exact) mass is 1910 g/mol. The first-order valence-electron chi connectivity index (χ1n) is 40.9. The van der Waals surface area contributed by atoms with E-state index in [2.05, 4.69) is 21.3 Å². The van der Waals surface area contributed by atoms with E-state index in [1.807, 2.05) is 0 Å². The van der Waals surface area contributed by atoms with Crippen molar-refractivity contribution in [1.82, 2.24) is 21.3 Å². The third kappa shape index (κ3) is 24.7. The van der Waals surface area contributed by atoms with E-state index in [9.17, 15) is 187 Å². The standard InChI is InChI=1S/C71H120N4O55/c1-17(85)72-20(5-76)36(92)55(23(90)7-78)124-62-34(73-18(2)86)44(100)57(28(12-83)119-62)126-68-54(110)60(43(99)30(122-68)15-114-65-53(109)59(127-66-51(107)47(103)39(95)25(9-80)117-66)42(98)29(121-65)14-113-64-50(106)46(102)38(94)24(8-79)116-64)128-69-61(49(105)40(96)26(10-81)118-69)129-63-35(74-19(3)87)45(101)56(27(11-82)120-63)125-67-52(108)48(104)41(97)31(123-67)16-115-71(70(111)112)4-21(88)33(75-32(91)13-84)58(130-71)37(93)22(89)6-77/h20-31,33-69,76-84,88-90,92-110H,4-16H2,1-3H3,(H,72,85)(H,73,86)(H,74,87)(H,75,91)(H,111,112)/t20-,21-,22+,23+,24+,25+,26+,27+,28+,29+,30+,31+,33+,34+,35+,36+,37+,38+,39+,40+,41-,42+,43+,44+,45+,46-,47-,48-,49-,50-,51-,52+,53-,54-,55+,56+,57+,58+,59-,60-,61-,62-,63-,64-,65-,66+,67-,68-,69+,71+/m0/s1. The minimum Gasteiger partial charge on any atom is -0.477 e. The van der Waals surface area contributed by atoms with Crippen LogP contribution >= 0.6 is 0 Å². The number of carboxylic acid groups (broad SMARTS) is 1. The molecule has 0 bridgehead atoms. The molecule has 754 valence electrons. The number of rotatable bonds is 40. The number of carbonyl (C=O) groups excluding carboxylic acids is 4. The highest BCUT2D eigenvalue weighted by Crippen LogP contribution is 2.41. The van der Waals surface area contributed by atoms with E-state index in [-0.39, 0.29) is 0 Å². The average Bonchev–Trinajstić information content (AvgIpc) is 0.766. The lowest BCUT2D eigenvalue weighted by atomic mass is 9.88. The largest absolute Gasteiger partial charge is 0.477 e. The maximum Gasteiger partial charge on any atom is 0.364 e. The summed E-state index contributed by atoms with van der Waals surface area (Å²) in [4.78, 5) is 63.7. The number of carbonyl (C=O) groups is 5. The third-order valence-corrected chi connectivity index (χ3v) is 23.2. The molecule has 0 spiro atoms. The molecule has 0 aliphatic carbocycles. The van der Waals surface area contributed by atoms with Gasteiger partial charge in [0.05, 0.1) is 90.9 Å². The van der Waals surface area contributed by atoms with Gasteiger partial charge in [0.2, 0.25) is 23.6 Å². The van der Waals surface area contributed by atoms with E-state index in [1.165, 1.54) is 0 Å². The molecule has 50 atom stereocenters. The second-order valence-electron chi connectivity index (χ2n) is 32.3. The molecule has 9 aliphatic rings. The molecule has 0 aromatic heterocycles. The van der Waals surface area contributed by atoms with Gasteiger partial charge in [0, 0.05) is 27.2 Å². The summed E-state index contributed by atoms with van der Waals surface area (Å²) in [5, 5.41) is 362. The first-order valence-corrected chi connectivity index (χ1v) is 40.9. The first kappa shape index (κ1) is 109. The Morgan fingerprint density at radius 1 is 0.362 bits per heavy atom. The molecule has 9 heterocycles. The zero-order valence-corrected chi connectivity index (χ0v) is 69.2. The number of nitrogens with one attached hydrogen (secondary N) is 4. The molecule has 0 unspecified atom stereocenters. The van der Waals surface area contributed by atoms with Crippen molar-refractivity contribution < 1.29 is 273 Å².